The summed E-state index contributed by atoms with van der Waals surface area (Å²) in [6.45, 7) is 11.1. The molecule has 1 saturated carbocycles. The number of ether oxygens (including phenoxy) is 2. The third-order valence-corrected chi connectivity index (χ3v) is 6.13. The molecule has 1 spiro atoms. The van der Waals surface area contributed by atoms with Crippen molar-refractivity contribution < 1.29 is 14.3 Å². The molecule has 0 aromatic heterocycles. The van der Waals surface area contributed by atoms with Crippen LogP contribution in [0.5, 0.6) is 0 Å². The smallest absolute Gasteiger partial charge is 0.410 e. The van der Waals surface area contributed by atoms with Crippen molar-refractivity contribution in [2.45, 2.75) is 78.4 Å². The number of hydrogen-bond acceptors (Lipinski definition) is 4. The van der Waals surface area contributed by atoms with Crippen LogP contribution in [0, 0.1) is 5.41 Å². The Morgan fingerprint density at radius 2 is 2.11 bits per heavy atom. The van der Waals surface area contributed by atoms with E-state index < -0.39 is 5.60 Å². The highest BCUT2D eigenvalue weighted by Crippen LogP contribution is 2.54. The number of carbonyl (C=O) groups is 1. The first-order chi connectivity index (χ1) is 12.6. The number of piperidine rings is 1. The molecule has 5 nitrogen and oxygen atoms in total. The van der Waals surface area contributed by atoms with Crippen LogP contribution in [-0.4, -0.2) is 42.0 Å². The normalized spacial score (nSPS) is 25.0. The van der Waals surface area contributed by atoms with E-state index in [-0.39, 0.29) is 17.6 Å². The van der Waals surface area contributed by atoms with Crippen LogP contribution in [0.25, 0.3) is 0 Å². The van der Waals surface area contributed by atoms with E-state index in [9.17, 15) is 4.79 Å². The number of carbonyl (C=O) groups excluding carboxylic acids is 1. The first kappa shape index (κ1) is 20.2. The van der Waals surface area contributed by atoms with Crippen LogP contribution >= 0.6 is 11.6 Å². The van der Waals surface area contributed by atoms with Crippen molar-refractivity contribution in [2.75, 3.05) is 13.1 Å². The summed E-state index contributed by atoms with van der Waals surface area (Å²) in [7, 11) is 0. The van der Waals surface area contributed by atoms with E-state index in [4.69, 9.17) is 21.1 Å². The Labute approximate surface area is 167 Å². The molecule has 1 saturated heterocycles. The fraction of sp³-hybridized carbons (Fsp3) is 0.714. The Hall–Kier alpha value is -1.49. The van der Waals surface area contributed by atoms with E-state index in [1.54, 1.807) is 0 Å². The maximum absolute atomic E-state index is 12.4. The Morgan fingerprint density at radius 3 is 2.70 bits per heavy atom. The van der Waals surface area contributed by atoms with Gasteiger partial charge in [-0.15, -0.1) is 0 Å². The van der Waals surface area contributed by atoms with Gasteiger partial charge in [0.15, 0.2) is 0 Å². The molecular weight excluding hydrogens is 364 g/mol. The lowest BCUT2D eigenvalue weighted by molar-refractivity contribution is -0.0285. The molecule has 27 heavy (non-hydrogen) atoms. The number of rotatable bonds is 3. The van der Waals surface area contributed by atoms with Gasteiger partial charge in [-0.25, -0.2) is 9.79 Å². The summed E-state index contributed by atoms with van der Waals surface area (Å²) in [6.07, 6.45) is 6.32. The van der Waals surface area contributed by atoms with Gasteiger partial charge in [0.05, 0.1) is 0 Å². The standard InChI is InChI=1S/C21H31ClN2O3/c1-6-15-7-11-23-18(14(2)17(15)22)26-16-8-12-24(13-21(16)9-10-21)19(25)27-20(3,4)5/h11,16H,6-10,12-13H2,1-5H3. The molecular formula is C21H31ClN2O3. The predicted molar refractivity (Wildman–Crippen MR) is 108 cm³/mol. The van der Waals surface area contributed by atoms with E-state index in [0.717, 1.165) is 42.7 Å². The summed E-state index contributed by atoms with van der Waals surface area (Å²) in [4.78, 5) is 18.8. The maximum Gasteiger partial charge on any atom is 0.410 e. The van der Waals surface area contributed by atoms with Gasteiger partial charge in [0.25, 0.3) is 0 Å². The lowest BCUT2D eigenvalue weighted by Gasteiger charge is -2.39. The SMILES string of the molecule is CCC1=C(Cl)C(C)=C(OC2CCN(C(=O)OC(C)(C)C)CC23CC3)N=CC1. The second kappa shape index (κ2) is 7.50. The number of nitrogens with zero attached hydrogens (tertiary/aromatic N) is 2. The average molecular weight is 395 g/mol. The molecule has 3 rings (SSSR count). The van der Waals surface area contributed by atoms with E-state index in [2.05, 4.69) is 11.9 Å². The third kappa shape index (κ3) is 4.50. The van der Waals surface area contributed by atoms with Gasteiger partial charge in [-0.3, -0.25) is 0 Å². The molecule has 0 radical (unpaired) electrons. The largest absolute Gasteiger partial charge is 0.473 e. The molecule has 0 aromatic rings. The topological polar surface area (TPSA) is 51.1 Å². The fourth-order valence-corrected chi connectivity index (χ4v) is 4.08. The van der Waals surface area contributed by atoms with Crippen molar-refractivity contribution in [3.8, 4) is 0 Å². The Balaban J connectivity index is 1.71. The zero-order chi connectivity index (χ0) is 19.8. The van der Waals surface area contributed by atoms with Crippen LogP contribution in [0.2, 0.25) is 0 Å². The van der Waals surface area contributed by atoms with Crippen LogP contribution in [0.4, 0.5) is 4.79 Å². The van der Waals surface area contributed by atoms with E-state index >= 15 is 0 Å². The Kier molecular flexibility index (Phi) is 5.62. The minimum atomic E-state index is -0.474. The van der Waals surface area contributed by atoms with Gasteiger partial charge < -0.3 is 14.4 Å². The molecule has 6 heteroatoms. The number of halogens is 1. The quantitative estimate of drug-likeness (QED) is 0.643. The number of hydrogen-bond donors (Lipinski definition) is 0. The highest BCUT2D eigenvalue weighted by molar-refractivity contribution is 6.32. The molecule has 1 amide bonds. The molecule has 0 N–H and O–H groups in total. The predicted octanol–water partition coefficient (Wildman–Crippen LogP) is 5.40. The lowest BCUT2D eigenvalue weighted by atomic mass is 9.91. The maximum atomic E-state index is 12.4. The number of aliphatic imine (C=N–C) groups is 1. The lowest BCUT2D eigenvalue weighted by Crippen LogP contribution is -2.49. The first-order valence-corrected chi connectivity index (χ1v) is 10.3. The van der Waals surface area contributed by atoms with Crippen molar-refractivity contribution in [2.24, 2.45) is 10.4 Å². The van der Waals surface area contributed by atoms with E-state index in [1.165, 1.54) is 5.57 Å². The van der Waals surface area contributed by atoms with Crippen LogP contribution in [0.3, 0.4) is 0 Å². The highest BCUT2D eigenvalue weighted by Gasteiger charge is 2.55. The van der Waals surface area contributed by atoms with Crippen molar-refractivity contribution in [3.63, 3.8) is 0 Å². The highest BCUT2D eigenvalue weighted by atomic mass is 35.5. The van der Waals surface area contributed by atoms with Crippen LogP contribution in [0.15, 0.2) is 27.1 Å². The second-order valence-corrected chi connectivity index (χ2v) is 9.25. The molecule has 2 fully saturated rings. The van der Waals surface area contributed by atoms with Crippen LogP contribution < -0.4 is 0 Å². The van der Waals surface area contributed by atoms with Crippen molar-refractivity contribution >= 4 is 23.9 Å². The summed E-state index contributed by atoms with van der Waals surface area (Å²) in [6, 6.07) is 0. The molecule has 2 aliphatic heterocycles. The van der Waals surface area contributed by atoms with Gasteiger partial charge >= 0.3 is 6.09 Å². The van der Waals surface area contributed by atoms with Gasteiger partial charge in [0.1, 0.15) is 11.7 Å². The van der Waals surface area contributed by atoms with Gasteiger partial charge in [0, 0.05) is 48.2 Å². The molecule has 0 aromatic carbocycles. The Bertz CT molecular complexity index is 699. The molecule has 3 aliphatic rings. The van der Waals surface area contributed by atoms with Gasteiger partial charge in [-0.2, -0.15) is 0 Å². The summed E-state index contributed by atoms with van der Waals surface area (Å²) < 4.78 is 11.9. The molecule has 1 atom stereocenters. The van der Waals surface area contributed by atoms with E-state index in [1.807, 2.05) is 38.8 Å². The minimum absolute atomic E-state index is 0.0219. The molecule has 2 heterocycles. The summed E-state index contributed by atoms with van der Waals surface area (Å²) in [5.41, 5.74) is 1.65. The molecule has 1 unspecified atom stereocenters. The van der Waals surface area contributed by atoms with Crippen molar-refractivity contribution in [1.82, 2.24) is 4.90 Å². The summed E-state index contributed by atoms with van der Waals surface area (Å²) in [5, 5.41) is 0.779. The fourth-order valence-electron chi connectivity index (χ4n) is 3.78. The molecule has 0 bridgehead atoms. The van der Waals surface area contributed by atoms with Gasteiger partial charge in [-0.05, 0) is 52.5 Å². The number of amides is 1. The zero-order valence-electron chi connectivity index (χ0n) is 17.1. The van der Waals surface area contributed by atoms with Gasteiger partial charge in [-0.1, -0.05) is 18.5 Å². The van der Waals surface area contributed by atoms with Crippen LogP contribution in [0.1, 0.15) is 66.7 Å². The third-order valence-electron chi connectivity index (χ3n) is 5.58. The molecule has 150 valence electrons. The second-order valence-electron chi connectivity index (χ2n) is 8.88. The number of allylic oxidation sites excluding steroid dienone is 3. The summed E-state index contributed by atoms with van der Waals surface area (Å²) in [5.74, 6) is 0.630. The summed E-state index contributed by atoms with van der Waals surface area (Å²) >= 11 is 6.56. The van der Waals surface area contributed by atoms with E-state index in [0.29, 0.717) is 19.0 Å². The Morgan fingerprint density at radius 1 is 1.41 bits per heavy atom. The minimum Gasteiger partial charge on any atom is -0.473 e. The average Bonchev–Trinajstić information content (AvgIpc) is 3.37. The number of likely N-dealkylation sites (tertiary alicyclic amines) is 1. The monoisotopic (exact) mass is 394 g/mol. The zero-order valence-corrected chi connectivity index (χ0v) is 17.9. The molecule has 1 aliphatic carbocycles. The van der Waals surface area contributed by atoms with Gasteiger partial charge in [0.2, 0.25) is 5.88 Å². The van der Waals surface area contributed by atoms with Crippen molar-refractivity contribution in [1.29, 1.82) is 0 Å². The first-order valence-electron chi connectivity index (χ1n) is 9.91. The van der Waals surface area contributed by atoms with Crippen LogP contribution in [-0.2, 0) is 9.47 Å². The van der Waals surface area contributed by atoms with Crippen molar-refractivity contribution in [3.05, 3.63) is 22.1 Å².